The Kier molecular flexibility index (Phi) is 5.35. The third-order valence-corrected chi connectivity index (χ3v) is 8.43. The Morgan fingerprint density at radius 2 is 0.690 bits per heavy atom. The van der Waals surface area contributed by atoms with Gasteiger partial charge < -0.3 is 0 Å². The number of pyridine rings is 2. The van der Waals surface area contributed by atoms with Gasteiger partial charge in [0.05, 0.1) is 22.1 Å². The van der Waals surface area contributed by atoms with Crippen LogP contribution in [0.1, 0.15) is 22.3 Å². The fraction of sp³-hybridized carbons (Fsp3) is 0.105. The molecule has 0 aliphatic rings. The van der Waals surface area contributed by atoms with Crippen LogP contribution in [0.3, 0.4) is 0 Å². The summed E-state index contributed by atoms with van der Waals surface area (Å²) in [6, 6.07) is 35.2. The Morgan fingerprint density at radius 1 is 0.381 bits per heavy atom. The van der Waals surface area contributed by atoms with Crippen LogP contribution in [-0.2, 0) is 0 Å². The predicted molar refractivity (Wildman–Crippen MR) is 175 cm³/mol. The first-order valence-electron chi connectivity index (χ1n) is 14.4. The molecule has 0 aliphatic heterocycles. The average molecular weight is 543 g/mol. The van der Waals surface area contributed by atoms with Gasteiger partial charge in [-0.05, 0) is 112 Å². The second-order valence-electron chi connectivity index (χ2n) is 11.6. The minimum Gasteiger partial charge on any atom is -0.294 e. The van der Waals surface area contributed by atoms with Crippen LogP contribution in [0.15, 0.2) is 109 Å². The number of aromatic nitrogens is 4. The highest BCUT2D eigenvalue weighted by atomic mass is 15.1. The number of aryl methyl sites for hydroxylation is 4. The number of benzene rings is 4. The van der Waals surface area contributed by atoms with E-state index in [1.54, 1.807) is 0 Å². The quantitative estimate of drug-likeness (QED) is 0.223. The molecular weight excluding hydrogens is 512 g/mol. The Bertz CT molecular complexity index is 2070. The molecule has 4 aromatic carbocycles. The van der Waals surface area contributed by atoms with Gasteiger partial charge in [0.2, 0.25) is 0 Å². The van der Waals surface area contributed by atoms with Crippen molar-refractivity contribution in [2.75, 3.05) is 0 Å². The van der Waals surface area contributed by atoms with Gasteiger partial charge >= 0.3 is 0 Å². The van der Waals surface area contributed by atoms with Crippen molar-refractivity contribution in [3.8, 4) is 22.8 Å². The average Bonchev–Trinajstić information content (AvgIpc) is 3.48. The van der Waals surface area contributed by atoms with E-state index in [1.807, 2.05) is 12.4 Å². The van der Waals surface area contributed by atoms with Crippen LogP contribution < -0.4 is 0 Å². The van der Waals surface area contributed by atoms with Crippen molar-refractivity contribution in [3.05, 3.63) is 132 Å². The van der Waals surface area contributed by atoms with Crippen molar-refractivity contribution < 1.29 is 0 Å². The van der Waals surface area contributed by atoms with E-state index in [1.165, 1.54) is 43.8 Å². The number of fused-ring (bicyclic) bond motifs is 6. The maximum atomic E-state index is 4.87. The Hall–Kier alpha value is -5.22. The summed E-state index contributed by atoms with van der Waals surface area (Å²) in [6.45, 7) is 8.60. The standard InChI is InChI=1S/C38H30N4/c1-23-5-9-33-29(17-23)30-18-24(2)6-10-34(30)41(33)37-21-27(13-15-39-37)28-14-16-40-38(22-28)42-35-11-7-25(3)19-31(35)32-20-26(4)8-12-36(32)42/h5-22H,1-4H3. The summed E-state index contributed by atoms with van der Waals surface area (Å²) in [7, 11) is 0. The third kappa shape index (κ3) is 3.76. The molecule has 0 saturated carbocycles. The van der Waals surface area contributed by atoms with Gasteiger partial charge in [0.25, 0.3) is 0 Å². The van der Waals surface area contributed by atoms with E-state index in [2.05, 4.69) is 134 Å². The predicted octanol–water partition coefficient (Wildman–Crippen LogP) is 9.57. The van der Waals surface area contributed by atoms with E-state index in [9.17, 15) is 0 Å². The lowest BCUT2D eigenvalue weighted by atomic mass is 10.1. The molecule has 4 heteroatoms. The molecular formula is C38H30N4. The van der Waals surface area contributed by atoms with E-state index in [4.69, 9.17) is 9.97 Å². The summed E-state index contributed by atoms with van der Waals surface area (Å²) in [4.78, 5) is 9.73. The highest BCUT2D eigenvalue weighted by Gasteiger charge is 2.16. The third-order valence-electron chi connectivity index (χ3n) is 8.43. The first-order valence-corrected chi connectivity index (χ1v) is 14.4. The lowest BCUT2D eigenvalue weighted by molar-refractivity contribution is 1.07. The first-order chi connectivity index (χ1) is 20.4. The minimum absolute atomic E-state index is 0.904. The van der Waals surface area contributed by atoms with E-state index >= 15 is 0 Å². The van der Waals surface area contributed by atoms with Gasteiger partial charge in [-0.2, -0.15) is 0 Å². The number of hydrogen-bond donors (Lipinski definition) is 0. The van der Waals surface area contributed by atoms with Crippen LogP contribution in [0, 0.1) is 27.7 Å². The number of rotatable bonds is 3. The van der Waals surface area contributed by atoms with E-state index in [0.717, 1.165) is 44.8 Å². The summed E-state index contributed by atoms with van der Waals surface area (Å²) in [5, 5.41) is 5.01. The molecule has 0 spiro atoms. The Labute approximate surface area is 244 Å². The van der Waals surface area contributed by atoms with E-state index in [-0.39, 0.29) is 0 Å². The van der Waals surface area contributed by atoms with Crippen LogP contribution in [-0.4, -0.2) is 19.1 Å². The molecule has 42 heavy (non-hydrogen) atoms. The zero-order valence-electron chi connectivity index (χ0n) is 24.2. The van der Waals surface area contributed by atoms with Gasteiger partial charge in [-0.1, -0.05) is 46.5 Å². The highest BCUT2D eigenvalue weighted by Crippen LogP contribution is 2.36. The van der Waals surface area contributed by atoms with Gasteiger partial charge in [-0.3, -0.25) is 9.13 Å². The molecule has 0 atom stereocenters. The SMILES string of the molecule is Cc1ccc2c(c1)c1cc(C)ccc1n2-c1cc(-c2ccnc(-n3c4ccc(C)cc4c4cc(C)ccc43)c2)ccn1. The molecule has 0 unspecified atom stereocenters. The smallest absolute Gasteiger partial charge is 0.138 e. The molecule has 202 valence electrons. The second-order valence-corrected chi connectivity index (χ2v) is 11.6. The topological polar surface area (TPSA) is 35.6 Å². The maximum Gasteiger partial charge on any atom is 0.138 e. The molecule has 0 bridgehead atoms. The maximum absolute atomic E-state index is 4.87. The fourth-order valence-corrected chi connectivity index (χ4v) is 6.44. The molecule has 0 saturated heterocycles. The highest BCUT2D eigenvalue weighted by molar-refractivity contribution is 6.10. The van der Waals surface area contributed by atoms with Gasteiger partial charge in [0, 0.05) is 33.9 Å². The zero-order valence-corrected chi connectivity index (χ0v) is 24.2. The molecule has 4 nitrogen and oxygen atoms in total. The Balaban J connectivity index is 1.31. The summed E-state index contributed by atoms with van der Waals surface area (Å²) < 4.78 is 4.57. The monoisotopic (exact) mass is 542 g/mol. The Morgan fingerprint density at radius 3 is 1.00 bits per heavy atom. The molecule has 4 aromatic heterocycles. The van der Waals surface area contributed by atoms with Crippen LogP contribution in [0.5, 0.6) is 0 Å². The van der Waals surface area contributed by atoms with Crippen LogP contribution in [0.25, 0.3) is 66.4 Å². The second kappa shape index (κ2) is 9.15. The molecule has 0 amide bonds. The molecule has 8 aromatic rings. The summed E-state index contributed by atoms with van der Waals surface area (Å²) in [5.41, 5.74) is 11.9. The molecule has 8 rings (SSSR count). The van der Waals surface area contributed by atoms with Gasteiger partial charge in [-0.25, -0.2) is 9.97 Å². The van der Waals surface area contributed by atoms with Gasteiger partial charge in [0.1, 0.15) is 11.6 Å². The van der Waals surface area contributed by atoms with Crippen molar-refractivity contribution in [1.82, 2.24) is 19.1 Å². The molecule has 0 fully saturated rings. The van der Waals surface area contributed by atoms with Crippen molar-refractivity contribution >= 4 is 43.6 Å². The zero-order chi connectivity index (χ0) is 28.5. The van der Waals surface area contributed by atoms with Crippen molar-refractivity contribution in [2.24, 2.45) is 0 Å². The van der Waals surface area contributed by atoms with Crippen molar-refractivity contribution in [2.45, 2.75) is 27.7 Å². The summed E-state index contributed by atoms with van der Waals surface area (Å²) >= 11 is 0. The van der Waals surface area contributed by atoms with Crippen LogP contribution in [0.2, 0.25) is 0 Å². The minimum atomic E-state index is 0.904. The summed E-state index contributed by atoms with van der Waals surface area (Å²) in [5.74, 6) is 1.81. The lowest BCUT2D eigenvalue weighted by Gasteiger charge is -2.11. The van der Waals surface area contributed by atoms with Gasteiger partial charge in [0.15, 0.2) is 0 Å². The van der Waals surface area contributed by atoms with Crippen molar-refractivity contribution in [3.63, 3.8) is 0 Å². The fourth-order valence-electron chi connectivity index (χ4n) is 6.44. The van der Waals surface area contributed by atoms with Crippen molar-refractivity contribution in [1.29, 1.82) is 0 Å². The van der Waals surface area contributed by atoms with E-state index in [0.29, 0.717) is 0 Å². The van der Waals surface area contributed by atoms with Crippen LogP contribution in [0.4, 0.5) is 0 Å². The molecule has 0 aliphatic carbocycles. The number of hydrogen-bond acceptors (Lipinski definition) is 2. The van der Waals surface area contributed by atoms with E-state index < -0.39 is 0 Å². The molecule has 0 N–H and O–H groups in total. The lowest BCUT2D eigenvalue weighted by Crippen LogP contribution is -1.99. The molecule has 0 radical (unpaired) electrons. The van der Waals surface area contributed by atoms with Crippen LogP contribution >= 0.6 is 0 Å². The summed E-state index contributed by atoms with van der Waals surface area (Å²) in [6.07, 6.45) is 3.83. The van der Waals surface area contributed by atoms with Gasteiger partial charge in [-0.15, -0.1) is 0 Å². The normalized spacial score (nSPS) is 11.8. The first kappa shape index (κ1) is 24.6. The largest absolute Gasteiger partial charge is 0.294 e. The number of nitrogens with zero attached hydrogens (tertiary/aromatic N) is 4. The molecule has 4 heterocycles.